The van der Waals surface area contributed by atoms with Crippen LogP contribution in [0.4, 0.5) is 4.39 Å². The lowest BCUT2D eigenvalue weighted by molar-refractivity contribution is 0.0885. The maximum atomic E-state index is 14.0. The Balaban J connectivity index is 2.48. The van der Waals surface area contributed by atoms with Crippen molar-refractivity contribution < 1.29 is 12.8 Å². The smallest absolute Gasteiger partial charge is 0.211 e. The molecular formula is C9H19FN2O2S. The van der Waals surface area contributed by atoms with E-state index in [0.717, 1.165) is 6.54 Å². The van der Waals surface area contributed by atoms with Gasteiger partial charge in [0.1, 0.15) is 5.67 Å². The molecule has 1 saturated heterocycles. The Bertz CT molecular complexity index is 297. The molecule has 0 saturated carbocycles. The van der Waals surface area contributed by atoms with E-state index in [1.54, 1.807) is 0 Å². The number of rotatable bonds is 4. The van der Waals surface area contributed by atoms with Gasteiger partial charge in [-0.1, -0.05) is 6.92 Å². The van der Waals surface area contributed by atoms with Crippen LogP contribution in [0, 0.1) is 0 Å². The molecule has 0 bridgehead atoms. The van der Waals surface area contributed by atoms with Crippen LogP contribution in [0.1, 0.15) is 19.8 Å². The summed E-state index contributed by atoms with van der Waals surface area (Å²) < 4.78 is 37.8. The predicted molar refractivity (Wildman–Crippen MR) is 58.0 cm³/mol. The highest BCUT2D eigenvalue weighted by molar-refractivity contribution is 7.88. The molecule has 0 radical (unpaired) electrons. The normalized spacial score (nSPS) is 22.9. The first-order valence-electron chi connectivity index (χ1n) is 5.22. The number of sulfonamides is 1. The molecule has 0 spiro atoms. The van der Waals surface area contributed by atoms with Crippen LogP contribution in [0.25, 0.3) is 0 Å². The minimum Gasteiger partial charge on any atom is -0.314 e. The molecule has 4 nitrogen and oxygen atoms in total. The fourth-order valence-electron chi connectivity index (χ4n) is 1.74. The molecule has 1 aliphatic rings. The lowest BCUT2D eigenvalue weighted by Crippen LogP contribution is -2.48. The van der Waals surface area contributed by atoms with E-state index in [0.29, 0.717) is 19.6 Å². The second kappa shape index (κ2) is 4.76. The number of hydrogen-bond acceptors (Lipinski definition) is 3. The van der Waals surface area contributed by atoms with Crippen molar-refractivity contribution in [1.82, 2.24) is 9.62 Å². The van der Waals surface area contributed by atoms with Crippen LogP contribution in [0.3, 0.4) is 0 Å². The highest BCUT2D eigenvalue weighted by Gasteiger charge is 2.36. The van der Waals surface area contributed by atoms with E-state index >= 15 is 0 Å². The third kappa shape index (κ3) is 3.70. The number of nitrogens with zero attached hydrogens (tertiary/aromatic N) is 1. The monoisotopic (exact) mass is 238 g/mol. The molecule has 0 aromatic heterocycles. The van der Waals surface area contributed by atoms with Gasteiger partial charge in [0.15, 0.2) is 0 Å². The molecule has 1 aliphatic heterocycles. The molecule has 6 heteroatoms. The molecule has 0 aromatic carbocycles. The lowest BCUT2D eigenvalue weighted by atomic mass is 9.94. The van der Waals surface area contributed by atoms with Crippen molar-refractivity contribution in [3.8, 4) is 0 Å². The van der Waals surface area contributed by atoms with Crippen molar-refractivity contribution in [3.63, 3.8) is 0 Å². The van der Waals surface area contributed by atoms with E-state index in [1.807, 2.05) is 6.92 Å². The predicted octanol–water partition coefficient (Wildman–Crippen LogP) is 0.360. The van der Waals surface area contributed by atoms with Gasteiger partial charge >= 0.3 is 0 Å². The van der Waals surface area contributed by atoms with Gasteiger partial charge in [0.2, 0.25) is 10.0 Å². The first kappa shape index (κ1) is 12.9. The molecule has 90 valence electrons. The van der Waals surface area contributed by atoms with E-state index in [9.17, 15) is 12.8 Å². The first-order valence-corrected chi connectivity index (χ1v) is 7.07. The highest BCUT2D eigenvalue weighted by atomic mass is 32.2. The summed E-state index contributed by atoms with van der Waals surface area (Å²) in [5.74, 6) is 0. The summed E-state index contributed by atoms with van der Waals surface area (Å²) >= 11 is 0. The largest absolute Gasteiger partial charge is 0.314 e. The Morgan fingerprint density at radius 1 is 1.40 bits per heavy atom. The van der Waals surface area contributed by atoms with Crippen molar-refractivity contribution in [2.75, 3.05) is 32.4 Å². The van der Waals surface area contributed by atoms with Crippen molar-refractivity contribution in [2.45, 2.75) is 25.4 Å². The SMILES string of the molecule is CCNCC1(F)CCN(S(C)(=O)=O)CC1. The molecule has 0 atom stereocenters. The van der Waals surface area contributed by atoms with Gasteiger partial charge in [0, 0.05) is 19.6 Å². The first-order chi connectivity index (χ1) is 6.87. The standard InChI is InChI=1S/C9H19FN2O2S/c1-3-11-8-9(10)4-6-12(7-5-9)15(2,13)14/h11H,3-8H2,1-2H3. The van der Waals surface area contributed by atoms with Gasteiger partial charge in [-0.3, -0.25) is 0 Å². The molecule has 0 aliphatic carbocycles. The molecule has 0 unspecified atom stereocenters. The Morgan fingerprint density at radius 2 is 1.93 bits per heavy atom. The van der Waals surface area contributed by atoms with Gasteiger partial charge in [-0.25, -0.2) is 17.1 Å². The molecule has 0 aromatic rings. The van der Waals surface area contributed by atoms with Crippen LogP contribution in [0.5, 0.6) is 0 Å². The quantitative estimate of drug-likeness (QED) is 0.769. The Morgan fingerprint density at radius 3 is 2.33 bits per heavy atom. The summed E-state index contributed by atoms with van der Waals surface area (Å²) in [7, 11) is -3.15. The van der Waals surface area contributed by atoms with Crippen LogP contribution >= 0.6 is 0 Å². The fourth-order valence-corrected chi connectivity index (χ4v) is 2.59. The molecule has 1 N–H and O–H groups in total. The van der Waals surface area contributed by atoms with Crippen LogP contribution < -0.4 is 5.32 Å². The van der Waals surface area contributed by atoms with Gasteiger partial charge in [0.05, 0.1) is 6.26 Å². The average molecular weight is 238 g/mol. The Labute approximate surface area is 90.9 Å². The van der Waals surface area contributed by atoms with E-state index in [1.165, 1.54) is 10.6 Å². The summed E-state index contributed by atoms with van der Waals surface area (Å²) in [6.07, 6.45) is 1.74. The van der Waals surface area contributed by atoms with Gasteiger partial charge < -0.3 is 5.32 Å². The molecule has 15 heavy (non-hydrogen) atoms. The van der Waals surface area contributed by atoms with Crippen molar-refractivity contribution >= 4 is 10.0 Å². The van der Waals surface area contributed by atoms with Crippen LogP contribution in [0.2, 0.25) is 0 Å². The number of hydrogen-bond donors (Lipinski definition) is 1. The second-order valence-corrected chi connectivity index (χ2v) is 6.08. The maximum absolute atomic E-state index is 14.0. The van der Waals surface area contributed by atoms with E-state index < -0.39 is 15.7 Å². The van der Waals surface area contributed by atoms with E-state index in [-0.39, 0.29) is 12.8 Å². The number of halogens is 1. The molecule has 1 heterocycles. The number of nitrogens with one attached hydrogen (secondary N) is 1. The third-order valence-electron chi connectivity index (χ3n) is 2.78. The van der Waals surface area contributed by atoms with Crippen molar-refractivity contribution in [2.24, 2.45) is 0 Å². The van der Waals surface area contributed by atoms with Crippen LogP contribution in [0.15, 0.2) is 0 Å². The fraction of sp³-hybridized carbons (Fsp3) is 1.00. The number of piperidine rings is 1. The summed E-state index contributed by atoms with van der Waals surface area (Å²) in [6.45, 7) is 3.57. The van der Waals surface area contributed by atoms with Gasteiger partial charge in [0.25, 0.3) is 0 Å². The van der Waals surface area contributed by atoms with Crippen LogP contribution in [-0.4, -0.2) is 50.8 Å². The van der Waals surface area contributed by atoms with Gasteiger partial charge in [-0.05, 0) is 19.4 Å². The average Bonchev–Trinajstić information content (AvgIpc) is 2.14. The topological polar surface area (TPSA) is 49.4 Å². The Hall–Kier alpha value is -0.200. The summed E-state index contributed by atoms with van der Waals surface area (Å²) in [5, 5.41) is 2.97. The van der Waals surface area contributed by atoms with Crippen LogP contribution in [-0.2, 0) is 10.0 Å². The zero-order chi connectivity index (χ0) is 11.5. The van der Waals surface area contributed by atoms with E-state index in [2.05, 4.69) is 5.32 Å². The highest BCUT2D eigenvalue weighted by Crippen LogP contribution is 2.26. The summed E-state index contributed by atoms with van der Waals surface area (Å²) in [6, 6.07) is 0. The van der Waals surface area contributed by atoms with Gasteiger partial charge in [-0.2, -0.15) is 0 Å². The molecule has 1 fully saturated rings. The molecule has 0 amide bonds. The lowest BCUT2D eigenvalue weighted by Gasteiger charge is -2.35. The Kier molecular flexibility index (Phi) is 4.08. The third-order valence-corrected chi connectivity index (χ3v) is 4.08. The van der Waals surface area contributed by atoms with Crippen molar-refractivity contribution in [3.05, 3.63) is 0 Å². The van der Waals surface area contributed by atoms with Crippen molar-refractivity contribution in [1.29, 1.82) is 0 Å². The zero-order valence-corrected chi connectivity index (χ0v) is 10.1. The second-order valence-electron chi connectivity index (χ2n) is 4.09. The number of alkyl halides is 1. The summed E-state index contributed by atoms with van der Waals surface area (Å²) in [5.41, 5.74) is -1.24. The zero-order valence-electron chi connectivity index (χ0n) is 9.29. The molecular weight excluding hydrogens is 219 g/mol. The van der Waals surface area contributed by atoms with Gasteiger partial charge in [-0.15, -0.1) is 0 Å². The minimum atomic E-state index is -3.15. The molecule has 1 rings (SSSR count). The van der Waals surface area contributed by atoms with E-state index in [4.69, 9.17) is 0 Å². The maximum Gasteiger partial charge on any atom is 0.211 e. The summed E-state index contributed by atoms with van der Waals surface area (Å²) in [4.78, 5) is 0. The minimum absolute atomic E-state index is 0.285.